The largest absolute Gasteiger partial charge is 0.480 e. The van der Waals surface area contributed by atoms with Crippen LogP contribution in [0.4, 0.5) is 11.4 Å². The van der Waals surface area contributed by atoms with Gasteiger partial charge in [0, 0.05) is 56.0 Å². The summed E-state index contributed by atoms with van der Waals surface area (Å²) in [5.41, 5.74) is 2.14. The molecule has 2 aromatic carbocycles. The fraction of sp³-hybridized carbons (Fsp3) is 0.414. The maximum atomic E-state index is 13.3. The molecule has 3 unspecified atom stereocenters. The number of carboxylic acids is 1. The van der Waals surface area contributed by atoms with Gasteiger partial charge >= 0.3 is 17.8 Å². The van der Waals surface area contributed by atoms with E-state index in [4.69, 9.17) is 16.3 Å². The van der Waals surface area contributed by atoms with Gasteiger partial charge in [-0.05, 0) is 59.7 Å². The standard InChI is InChI=1S/C29H31ClN8O6/c1-18-26(39)35(10-9-34(18)22-8-13-44-16-22)21-5-2-19(3-6-21)14-25(29(42)43)37-12-11-36(27(40)28(37)41)24-15-20(30)4-7-23(24)38-17-31-32-33-38/h2-7,15,17-18,22,25H,8-14,16H2,1H3,(H,42,43). The summed E-state index contributed by atoms with van der Waals surface area (Å²) in [6.07, 6.45) is 2.26. The Balaban J connectivity index is 1.14. The zero-order chi connectivity index (χ0) is 31.0. The van der Waals surface area contributed by atoms with E-state index < -0.39 is 23.8 Å². The highest BCUT2D eigenvalue weighted by atomic mass is 35.5. The van der Waals surface area contributed by atoms with E-state index in [-0.39, 0.29) is 37.5 Å². The number of tetrazole rings is 1. The van der Waals surface area contributed by atoms with Crippen molar-refractivity contribution in [2.45, 2.75) is 37.9 Å². The third-order valence-corrected chi connectivity index (χ3v) is 8.73. The van der Waals surface area contributed by atoms with E-state index in [0.717, 1.165) is 23.6 Å². The van der Waals surface area contributed by atoms with Crippen LogP contribution in [-0.4, -0.2) is 116 Å². The third kappa shape index (κ3) is 5.63. The zero-order valence-electron chi connectivity index (χ0n) is 24.0. The number of aromatic nitrogens is 4. The van der Waals surface area contributed by atoms with Crippen molar-refractivity contribution in [1.29, 1.82) is 0 Å². The SMILES string of the molecule is CC1C(=O)N(c2ccc(CC(C(=O)O)N3CCN(c4cc(Cl)ccc4-n4cnnn4)C(=O)C3=O)cc2)CCN1C1CCOC1. The minimum atomic E-state index is -1.27. The molecule has 3 saturated heterocycles. The number of hydrogen-bond donors (Lipinski definition) is 1. The molecule has 3 atom stereocenters. The summed E-state index contributed by atoms with van der Waals surface area (Å²) in [6, 6.07) is 10.6. The van der Waals surface area contributed by atoms with E-state index in [1.54, 1.807) is 41.3 Å². The van der Waals surface area contributed by atoms with Crippen molar-refractivity contribution >= 4 is 46.7 Å². The Hall–Kier alpha value is -4.40. The van der Waals surface area contributed by atoms with Gasteiger partial charge in [0.05, 0.1) is 24.0 Å². The maximum absolute atomic E-state index is 13.3. The van der Waals surface area contributed by atoms with Crippen LogP contribution in [-0.2, 0) is 30.3 Å². The van der Waals surface area contributed by atoms with Crippen molar-refractivity contribution in [2.75, 3.05) is 49.2 Å². The number of benzene rings is 2. The highest BCUT2D eigenvalue weighted by molar-refractivity contribution is 6.41. The molecule has 44 heavy (non-hydrogen) atoms. The van der Waals surface area contributed by atoms with Crippen LogP contribution in [0.15, 0.2) is 48.8 Å². The molecular formula is C29H31ClN8O6. The smallest absolute Gasteiger partial charge is 0.326 e. The predicted octanol–water partition coefficient (Wildman–Crippen LogP) is 1.01. The first-order valence-corrected chi connectivity index (χ1v) is 14.7. The number of piperazine rings is 2. The van der Waals surface area contributed by atoms with E-state index in [2.05, 4.69) is 20.4 Å². The minimum absolute atomic E-state index is 0.00392. The molecule has 3 amide bonds. The van der Waals surface area contributed by atoms with Gasteiger partial charge in [-0.1, -0.05) is 23.7 Å². The summed E-state index contributed by atoms with van der Waals surface area (Å²) in [6.45, 7) is 4.58. The van der Waals surface area contributed by atoms with Crippen LogP contribution in [0.25, 0.3) is 5.69 Å². The fourth-order valence-electron chi connectivity index (χ4n) is 6.15. The van der Waals surface area contributed by atoms with Crippen molar-refractivity contribution in [1.82, 2.24) is 30.0 Å². The molecule has 3 aliphatic rings. The van der Waals surface area contributed by atoms with E-state index in [0.29, 0.717) is 41.7 Å². The average molecular weight is 623 g/mol. The lowest BCUT2D eigenvalue weighted by molar-refractivity contribution is -0.155. The molecule has 3 fully saturated rings. The first-order valence-electron chi connectivity index (χ1n) is 14.3. The Morgan fingerprint density at radius 2 is 1.80 bits per heavy atom. The molecule has 1 N–H and O–H groups in total. The molecule has 0 radical (unpaired) electrons. The number of carbonyl (C=O) groups is 4. The lowest BCUT2D eigenvalue weighted by Crippen LogP contribution is -2.59. The maximum Gasteiger partial charge on any atom is 0.326 e. The number of nitrogens with zero attached hydrogens (tertiary/aromatic N) is 8. The monoisotopic (exact) mass is 622 g/mol. The second-order valence-electron chi connectivity index (χ2n) is 11.0. The Labute approximate surface area is 257 Å². The molecule has 0 aliphatic carbocycles. The van der Waals surface area contributed by atoms with Gasteiger partial charge in [-0.3, -0.25) is 19.3 Å². The molecule has 6 rings (SSSR count). The summed E-state index contributed by atoms with van der Waals surface area (Å²) in [7, 11) is 0. The van der Waals surface area contributed by atoms with E-state index in [9.17, 15) is 24.3 Å². The number of aliphatic carboxylic acids is 1. The molecule has 1 aromatic heterocycles. The molecule has 14 nitrogen and oxygen atoms in total. The van der Waals surface area contributed by atoms with E-state index in [1.807, 2.05) is 6.92 Å². The summed E-state index contributed by atoms with van der Waals surface area (Å²) in [4.78, 5) is 58.5. The lowest BCUT2D eigenvalue weighted by atomic mass is 10.0. The summed E-state index contributed by atoms with van der Waals surface area (Å²) in [5, 5.41) is 21.5. The Kier molecular flexibility index (Phi) is 8.29. The van der Waals surface area contributed by atoms with Crippen molar-refractivity contribution in [2.24, 2.45) is 0 Å². The van der Waals surface area contributed by atoms with Gasteiger partial charge in [0.2, 0.25) is 5.91 Å². The molecule has 230 valence electrons. The van der Waals surface area contributed by atoms with E-state index >= 15 is 0 Å². The van der Waals surface area contributed by atoms with Gasteiger partial charge in [0.25, 0.3) is 0 Å². The van der Waals surface area contributed by atoms with Crippen molar-refractivity contribution in [3.05, 3.63) is 59.4 Å². The van der Waals surface area contributed by atoms with Crippen LogP contribution in [0.5, 0.6) is 0 Å². The molecule has 0 spiro atoms. The van der Waals surface area contributed by atoms with Gasteiger partial charge in [0.1, 0.15) is 12.4 Å². The third-order valence-electron chi connectivity index (χ3n) is 8.49. The second-order valence-corrected chi connectivity index (χ2v) is 11.4. The van der Waals surface area contributed by atoms with Crippen molar-refractivity contribution in [3.63, 3.8) is 0 Å². The van der Waals surface area contributed by atoms with Crippen molar-refractivity contribution < 1.29 is 29.0 Å². The first kappa shape index (κ1) is 29.7. The summed E-state index contributed by atoms with van der Waals surface area (Å²) in [5.74, 6) is -3.04. The lowest BCUT2D eigenvalue weighted by Gasteiger charge is -2.41. The highest BCUT2D eigenvalue weighted by Gasteiger charge is 2.41. The van der Waals surface area contributed by atoms with Crippen LogP contribution < -0.4 is 9.80 Å². The number of halogens is 1. The van der Waals surface area contributed by atoms with Gasteiger partial charge < -0.3 is 24.5 Å². The topological polar surface area (TPSA) is 154 Å². The number of anilines is 2. The average Bonchev–Trinajstić information content (AvgIpc) is 3.75. The van der Waals surface area contributed by atoms with Crippen LogP contribution in [0.2, 0.25) is 5.02 Å². The highest BCUT2D eigenvalue weighted by Crippen LogP contribution is 2.30. The number of amides is 3. The quantitative estimate of drug-likeness (QED) is 0.360. The number of rotatable bonds is 8. The minimum Gasteiger partial charge on any atom is -0.480 e. The van der Waals surface area contributed by atoms with Gasteiger partial charge in [-0.2, -0.15) is 4.68 Å². The molecule has 0 bridgehead atoms. The van der Waals surface area contributed by atoms with Crippen LogP contribution in [0.1, 0.15) is 18.9 Å². The summed E-state index contributed by atoms with van der Waals surface area (Å²) < 4.78 is 6.85. The summed E-state index contributed by atoms with van der Waals surface area (Å²) >= 11 is 6.20. The molecule has 3 aliphatic heterocycles. The Bertz CT molecular complexity index is 1560. The Morgan fingerprint density at radius 1 is 1.02 bits per heavy atom. The molecule has 3 aromatic rings. The van der Waals surface area contributed by atoms with Crippen LogP contribution >= 0.6 is 11.6 Å². The fourth-order valence-corrected chi connectivity index (χ4v) is 6.31. The van der Waals surface area contributed by atoms with Gasteiger partial charge in [-0.15, -0.1) is 5.10 Å². The van der Waals surface area contributed by atoms with Crippen LogP contribution in [0.3, 0.4) is 0 Å². The predicted molar refractivity (Wildman–Crippen MR) is 158 cm³/mol. The second kappa shape index (κ2) is 12.3. The van der Waals surface area contributed by atoms with Gasteiger partial charge in [-0.25, -0.2) is 4.79 Å². The van der Waals surface area contributed by atoms with Crippen molar-refractivity contribution in [3.8, 4) is 5.69 Å². The number of carbonyl (C=O) groups excluding carboxylic acids is 3. The molecule has 15 heteroatoms. The zero-order valence-corrected chi connectivity index (χ0v) is 24.7. The Morgan fingerprint density at radius 3 is 2.48 bits per heavy atom. The number of ether oxygens (including phenoxy) is 1. The molecule has 4 heterocycles. The van der Waals surface area contributed by atoms with Crippen LogP contribution in [0, 0.1) is 0 Å². The number of carboxylic acid groups (broad SMARTS) is 1. The van der Waals surface area contributed by atoms with Gasteiger partial charge in [0.15, 0.2) is 0 Å². The normalized spacial score (nSPS) is 22.1. The number of hydrogen-bond acceptors (Lipinski definition) is 9. The molecule has 0 saturated carbocycles. The first-order chi connectivity index (χ1) is 21.2. The van der Waals surface area contributed by atoms with E-state index in [1.165, 1.54) is 22.0 Å². The molecular weight excluding hydrogens is 592 g/mol.